The Kier molecular flexibility index (Phi) is 3.50. The van der Waals surface area contributed by atoms with Gasteiger partial charge in [-0.1, -0.05) is 26.8 Å². The molecule has 0 aliphatic rings. The van der Waals surface area contributed by atoms with Gasteiger partial charge in [-0.05, 0) is 24.0 Å². The topological polar surface area (TPSA) is 16.1 Å². The third-order valence-corrected chi connectivity index (χ3v) is 2.24. The maximum absolute atomic E-state index is 4.31. The summed E-state index contributed by atoms with van der Waals surface area (Å²) in [6.07, 6.45) is 3.02. The van der Waals surface area contributed by atoms with E-state index in [0.29, 0.717) is 5.41 Å². The van der Waals surface area contributed by atoms with Gasteiger partial charge >= 0.3 is 0 Å². The third-order valence-electron chi connectivity index (χ3n) is 2.24. The van der Waals surface area contributed by atoms with Gasteiger partial charge in [-0.2, -0.15) is 0 Å². The molecule has 0 aromatic carbocycles. The molecule has 2 nitrogen and oxygen atoms in total. The summed E-state index contributed by atoms with van der Waals surface area (Å²) in [4.78, 5) is 6.50. The lowest BCUT2D eigenvalue weighted by Crippen LogP contribution is -2.23. The Morgan fingerprint density at radius 2 is 2.00 bits per heavy atom. The van der Waals surface area contributed by atoms with Crippen LogP contribution in [0.5, 0.6) is 0 Å². The maximum atomic E-state index is 4.31. The molecule has 0 radical (unpaired) electrons. The Morgan fingerprint density at radius 1 is 1.29 bits per heavy atom. The van der Waals surface area contributed by atoms with E-state index in [1.54, 1.807) is 0 Å². The molecule has 1 aromatic heterocycles. The molecule has 1 heterocycles. The van der Waals surface area contributed by atoms with E-state index < -0.39 is 0 Å². The van der Waals surface area contributed by atoms with E-state index >= 15 is 0 Å². The Labute approximate surface area is 87.0 Å². The first-order valence-corrected chi connectivity index (χ1v) is 5.11. The fourth-order valence-electron chi connectivity index (χ4n) is 1.20. The summed E-state index contributed by atoms with van der Waals surface area (Å²) < 4.78 is 0. The maximum Gasteiger partial charge on any atom is 0.128 e. The van der Waals surface area contributed by atoms with Crippen LogP contribution >= 0.6 is 0 Å². The summed E-state index contributed by atoms with van der Waals surface area (Å²) in [5, 5.41) is 0. The van der Waals surface area contributed by atoms with Crippen molar-refractivity contribution in [1.82, 2.24) is 4.98 Å². The smallest absolute Gasteiger partial charge is 0.128 e. The molecular weight excluding hydrogens is 172 g/mol. The van der Waals surface area contributed by atoms with E-state index in [1.807, 2.05) is 24.4 Å². The monoisotopic (exact) mass is 192 g/mol. The molecule has 0 aliphatic carbocycles. The standard InChI is InChI=1S/C12H20N2/c1-12(2,3)8-10-14(4)11-7-5-6-9-13-11/h5-7,9H,8,10H2,1-4H3. The number of hydrogen-bond donors (Lipinski definition) is 0. The van der Waals surface area contributed by atoms with Crippen LogP contribution in [-0.4, -0.2) is 18.6 Å². The highest BCUT2D eigenvalue weighted by Crippen LogP contribution is 2.19. The van der Waals surface area contributed by atoms with E-state index in [-0.39, 0.29) is 0 Å². The highest BCUT2D eigenvalue weighted by Gasteiger charge is 2.11. The highest BCUT2D eigenvalue weighted by atomic mass is 15.2. The van der Waals surface area contributed by atoms with Crippen molar-refractivity contribution in [2.75, 3.05) is 18.5 Å². The zero-order chi connectivity index (χ0) is 10.6. The minimum absolute atomic E-state index is 0.392. The van der Waals surface area contributed by atoms with Crippen LogP contribution in [0.2, 0.25) is 0 Å². The van der Waals surface area contributed by atoms with Crippen molar-refractivity contribution >= 4 is 5.82 Å². The summed E-state index contributed by atoms with van der Waals surface area (Å²) in [5.74, 6) is 1.05. The second-order valence-electron chi connectivity index (χ2n) is 4.92. The van der Waals surface area contributed by atoms with Gasteiger partial charge in [0.05, 0.1) is 0 Å². The van der Waals surface area contributed by atoms with Crippen molar-refractivity contribution in [3.05, 3.63) is 24.4 Å². The van der Waals surface area contributed by atoms with Crippen LogP contribution < -0.4 is 4.90 Å². The van der Waals surface area contributed by atoms with Crippen molar-refractivity contribution < 1.29 is 0 Å². The van der Waals surface area contributed by atoms with Crippen LogP contribution in [0.15, 0.2) is 24.4 Å². The number of aromatic nitrogens is 1. The second-order valence-corrected chi connectivity index (χ2v) is 4.92. The number of pyridine rings is 1. The Hall–Kier alpha value is -1.05. The molecule has 0 fully saturated rings. The van der Waals surface area contributed by atoms with Crippen LogP contribution in [0.3, 0.4) is 0 Å². The molecule has 0 unspecified atom stereocenters. The van der Waals surface area contributed by atoms with Gasteiger partial charge in [-0.3, -0.25) is 0 Å². The molecule has 0 saturated heterocycles. The van der Waals surface area contributed by atoms with Gasteiger partial charge in [-0.25, -0.2) is 4.98 Å². The van der Waals surface area contributed by atoms with Crippen LogP contribution in [-0.2, 0) is 0 Å². The SMILES string of the molecule is CN(CCC(C)(C)C)c1ccccn1. The van der Waals surface area contributed by atoms with Crippen molar-refractivity contribution in [1.29, 1.82) is 0 Å². The summed E-state index contributed by atoms with van der Waals surface area (Å²) in [5.41, 5.74) is 0.392. The summed E-state index contributed by atoms with van der Waals surface area (Å²) in [7, 11) is 2.09. The van der Waals surface area contributed by atoms with E-state index in [0.717, 1.165) is 12.4 Å². The fraction of sp³-hybridized carbons (Fsp3) is 0.583. The first-order valence-electron chi connectivity index (χ1n) is 5.11. The molecule has 0 aliphatic heterocycles. The molecule has 14 heavy (non-hydrogen) atoms. The number of nitrogens with zero attached hydrogens (tertiary/aromatic N) is 2. The lowest BCUT2D eigenvalue weighted by Gasteiger charge is -2.24. The first-order chi connectivity index (χ1) is 6.49. The van der Waals surface area contributed by atoms with Crippen LogP contribution in [0.1, 0.15) is 27.2 Å². The zero-order valence-corrected chi connectivity index (χ0v) is 9.62. The van der Waals surface area contributed by atoms with Crippen LogP contribution in [0.25, 0.3) is 0 Å². The number of hydrogen-bond acceptors (Lipinski definition) is 2. The van der Waals surface area contributed by atoms with Gasteiger partial charge < -0.3 is 4.90 Å². The molecule has 78 valence electrons. The lowest BCUT2D eigenvalue weighted by molar-refractivity contribution is 0.381. The van der Waals surface area contributed by atoms with Crippen LogP contribution in [0.4, 0.5) is 5.82 Å². The highest BCUT2D eigenvalue weighted by molar-refractivity contribution is 5.36. The minimum atomic E-state index is 0.392. The third kappa shape index (κ3) is 3.77. The summed E-state index contributed by atoms with van der Waals surface area (Å²) in [6, 6.07) is 6.01. The molecule has 0 N–H and O–H groups in total. The summed E-state index contributed by atoms with van der Waals surface area (Å²) in [6.45, 7) is 7.85. The van der Waals surface area contributed by atoms with Gasteiger partial charge in [-0.15, -0.1) is 0 Å². The van der Waals surface area contributed by atoms with Crippen LogP contribution in [0, 0.1) is 5.41 Å². The minimum Gasteiger partial charge on any atom is -0.360 e. The quantitative estimate of drug-likeness (QED) is 0.732. The van der Waals surface area contributed by atoms with Gasteiger partial charge in [0.15, 0.2) is 0 Å². The normalized spacial score (nSPS) is 11.4. The van der Waals surface area contributed by atoms with Crippen molar-refractivity contribution in [3.8, 4) is 0 Å². The number of anilines is 1. The van der Waals surface area contributed by atoms with Crippen molar-refractivity contribution in [3.63, 3.8) is 0 Å². The largest absolute Gasteiger partial charge is 0.360 e. The summed E-state index contributed by atoms with van der Waals surface area (Å²) >= 11 is 0. The molecule has 0 amide bonds. The molecule has 0 atom stereocenters. The lowest BCUT2D eigenvalue weighted by atomic mass is 9.92. The molecule has 0 spiro atoms. The van der Waals surface area contributed by atoms with Gasteiger partial charge in [0.25, 0.3) is 0 Å². The average molecular weight is 192 g/mol. The van der Waals surface area contributed by atoms with E-state index in [4.69, 9.17) is 0 Å². The van der Waals surface area contributed by atoms with E-state index in [2.05, 4.69) is 37.7 Å². The average Bonchev–Trinajstić information content (AvgIpc) is 2.14. The Morgan fingerprint density at radius 3 is 2.50 bits per heavy atom. The zero-order valence-electron chi connectivity index (χ0n) is 9.62. The van der Waals surface area contributed by atoms with E-state index in [9.17, 15) is 0 Å². The van der Waals surface area contributed by atoms with Gasteiger partial charge in [0, 0.05) is 19.8 Å². The molecule has 0 bridgehead atoms. The second kappa shape index (κ2) is 4.45. The molecule has 1 aromatic rings. The van der Waals surface area contributed by atoms with Crippen molar-refractivity contribution in [2.24, 2.45) is 5.41 Å². The van der Waals surface area contributed by atoms with Gasteiger partial charge in [0.1, 0.15) is 5.82 Å². The van der Waals surface area contributed by atoms with Crippen molar-refractivity contribution in [2.45, 2.75) is 27.2 Å². The fourth-order valence-corrected chi connectivity index (χ4v) is 1.20. The Balaban J connectivity index is 2.48. The van der Waals surface area contributed by atoms with Gasteiger partial charge in [0.2, 0.25) is 0 Å². The molecule has 2 heteroatoms. The van der Waals surface area contributed by atoms with E-state index in [1.165, 1.54) is 6.42 Å². The predicted octanol–water partition coefficient (Wildman–Crippen LogP) is 2.95. The molecule has 1 rings (SSSR count). The number of rotatable bonds is 3. The molecule has 0 saturated carbocycles. The predicted molar refractivity (Wildman–Crippen MR) is 61.6 cm³/mol. The Bertz CT molecular complexity index is 261. The molecular formula is C12H20N2. The first kappa shape index (κ1) is 11.0.